The van der Waals surface area contributed by atoms with Crippen LogP contribution in [-0.4, -0.2) is 25.9 Å². The van der Waals surface area contributed by atoms with E-state index in [4.69, 9.17) is 0 Å². The molecule has 3 rings (SSSR count). The van der Waals surface area contributed by atoms with Crippen LogP contribution in [0.4, 0.5) is 5.69 Å². The van der Waals surface area contributed by atoms with Gasteiger partial charge in [0.1, 0.15) is 5.69 Å². The lowest BCUT2D eigenvalue weighted by Crippen LogP contribution is -2.13. The third-order valence-electron chi connectivity index (χ3n) is 2.71. The summed E-state index contributed by atoms with van der Waals surface area (Å²) in [5, 5.41) is 13.4. The number of H-pyrrole nitrogens is 1. The summed E-state index contributed by atoms with van der Waals surface area (Å²) < 4.78 is 2.38. The van der Waals surface area contributed by atoms with Crippen molar-refractivity contribution in [2.75, 3.05) is 5.32 Å². The van der Waals surface area contributed by atoms with Gasteiger partial charge in [0, 0.05) is 18.1 Å². The molecule has 0 radical (unpaired) electrons. The largest absolute Gasteiger partial charge is 0.321 e. The number of hydrogen-bond donors (Lipinski definition) is 2. The van der Waals surface area contributed by atoms with E-state index in [1.807, 2.05) is 36.5 Å². The van der Waals surface area contributed by atoms with Gasteiger partial charge in [-0.25, -0.2) is 4.68 Å². The second-order valence-corrected chi connectivity index (χ2v) is 4.90. The van der Waals surface area contributed by atoms with Crippen LogP contribution in [0.1, 0.15) is 10.5 Å². The molecule has 0 atom stereocenters. The molecule has 0 fully saturated rings. The molecule has 2 heterocycles. The Bertz CT molecular complexity index is 718. The van der Waals surface area contributed by atoms with Crippen molar-refractivity contribution in [2.45, 2.75) is 0 Å². The Morgan fingerprint density at radius 1 is 1.30 bits per heavy atom. The van der Waals surface area contributed by atoms with Crippen molar-refractivity contribution in [1.29, 1.82) is 0 Å². The van der Waals surface area contributed by atoms with E-state index >= 15 is 0 Å². The summed E-state index contributed by atoms with van der Waals surface area (Å²) in [6, 6.07) is 9.25. The Balaban J connectivity index is 1.76. The van der Waals surface area contributed by atoms with E-state index in [-0.39, 0.29) is 5.91 Å². The Morgan fingerprint density at radius 3 is 2.70 bits per heavy atom. The molecule has 0 unspecified atom stereocenters. The Labute approximate surface area is 122 Å². The van der Waals surface area contributed by atoms with Gasteiger partial charge in [0.05, 0.1) is 16.4 Å². The van der Waals surface area contributed by atoms with Gasteiger partial charge in [0.2, 0.25) is 0 Å². The number of carbonyl (C=O) groups is 1. The van der Waals surface area contributed by atoms with Gasteiger partial charge in [-0.15, -0.1) is 0 Å². The lowest BCUT2D eigenvalue weighted by molar-refractivity contribution is 0.102. The predicted octanol–water partition coefficient (Wildman–Crippen LogP) is 2.61. The number of rotatable bonds is 3. The normalized spacial score (nSPS) is 10.4. The maximum absolute atomic E-state index is 12.0. The third-order valence-corrected chi connectivity index (χ3v) is 3.32. The summed E-state index contributed by atoms with van der Waals surface area (Å²) in [5.74, 6) is -0.249. The number of hydrogen-bond acceptors (Lipinski definition) is 3. The first-order valence-corrected chi connectivity index (χ1v) is 6.63. The first-order valence-electron chi connectivity index (χ1n) is 5.84. The average Bonchev–Trinajstić information content (AvgIpc) is 3.10. The van der Waals surface area contributed by atoms with E-state index in [2.05, 4.69) is 36.5 Å². The molecular weight excluding hydrogens is 322 g/mol. The molecule has 0 aliphatic carbocycles. The van der Waals surface area contributed by atoms with Crippen LogP contribution >= 0.6 is 15.9 Å². The number of nitrogens with zero attached hydrogens (tertiary/aromatic N) is 3. The zero-order valence-corrected chi connectivity index (χ0v) is 11.8. The van der Waals surface area contributed by atoms with Crippen LogP contribution in [0, 0.1) is 0 Å². The van der Waals surface area contributed by atoms with Crippen molar-refractivity contribution in [3.63, 3.8) is 0 Å². The first kappa shape index (κ1) is 12.6. The minimum absolute atomic E-state index is 0.249. The number of halogens is 1. The van der Waals surface area contributed by atoms with Crippen molar-refractivity contribution in [1.82, 2.24) is 20.0 Å². The van der Waals surface area contributed by atoms with Crippen molar-refractivity contribution < 1.29 is 4.79 Å². The third kappa shape index (κ3) is 2.48. The highest BCUT2D eigenvalue weighted by Crippen LogP contribution is 2.16. The van der Waals surface area contributed by atoms with Crippen LogP contribution in [0.2, 0.25) is 0 Å². The van der Waals surface area contributed by atoms with Crippen molar-refractivity contribution in [3.05, 3.63) is 59.1 Å². The highest BCUT2D eigenvalue weighted by atomic mass is 79.9. The zero-order chi connectivity index (χ0) is 13.9. The van der Waals surface area contributed by atoms with E-state index in [1.54, 1.807) is 10.9 Å². The Kier molecular flexibility index (Phi) is 3.34. The van der Waals surface area contributed by atoms with Crippen LogP contribution in [0.15, 0.2) is 53.4 Å². The molecule has 3 aromatic rings. The fourth-order valence-electron chi connectivity index (χ4n) is 1.74. The van der Waals surface area contributed by atoms with E-state index < -0.39 is 0 Å². The maximum atomic E-state index is 12.0. The lowest BCUT2D eigenvalue weighted by atomic mass is 10.2. The second-order valence-electron chi connectivity index (χ2n) is 4.04. The zero-order valence-electron chi connectivity index (χ0n) is 10.2. The van der Waals surface area contributed by atoms with Crippen molar-refractivity contribution in [3.8, 4) is 5.69 Å². The fraction of sp³-hybridized carbons (Fsp3) is 0. The molecule has 0 aliphatic rings. The molecule has 0 saturated carbocycles. The molecule has 0 aliphatic heterocycles. The van der Waals surface area contributed by atoms with Crippen LogP contribution in [0.3, 0.4) is 0 Å². The van der Waals surface area contributed by atoms with Gasteiger partial charge in [-0.2, -0.15) is 10.2 Å². The van der Waals surface area contributed by atoms with Crippen molar-refractivity contribution in [2.24, 2.45) is 0 Å². The van der Waals surface area contributed by atoms with Crippen LogP contribution in [-0.2, 0) is 0 Å². The summed E-state index contributed by atoms with van der Waals surface area (Å²) in [5.41, 5.74) is 2.02. The summed E-state index contributed by atoms with van der Waals surface area (Å²) in [6.07, 6.45) is 5.11. The standard InChI is InChI=1S/C13H10BrN5O/c14-11-8-15-18-12(11)13(20)17-9-2-4-10(5-3-9)19-7-1-6-16-19/h1-8H,(H,15,18)(H,17,20). The fourth-order valence-corrected chi connectivity index (χ4v) is 2.11. The summed E-state index contributed by atoms with van der Waals surface area (Å²) in [6.45, 7) is 0. The SMILES string of the molecule is O=C(Nc1ccc(-n2cccn2)cc1)c1[nH]ncc1Br. The number of anilines is 1. The Hall–Kier alpha value is -2.41. The molecule has 100 valence electrons. The molecule has 0 bridgehead atoms. The molecule has 6 nitrogen and oxygen atoms in total. The number of amides is 1. The minimum atomic E-state index is -0.249. The first-order chi connectivity index (χ1) is 9.74. The van der Waals surface area contributed by atoms with E-state index in [0.717, 1.165) is 5.69 Å². The number of benzene rings is 1. The van der Waals surface area contributed by atoms with Gasteiger partial charge in [0.15, 0.2) is 0 Å². The van der Waals surface area contributed by atoms with E-state index in [1.165, 1.54) is 6.20 Å². The molecule has 2 N–H and O–H groups in total. The second kappa shape index (κ2) is 5.30. The highest BCUT2D eigenvalue weighted by molar-refractivity contribution is 9.10. The van der Waals surface area contributed by atoms with Crippen molar-refractivity contribution >= 4 is 27.5 Å². The number of aromatic amines is 1. The average molecular weight is 332 g/mol. The number of carbonyl (C=O) groups excluding carboxylic acids is 1. The van der Waals surface area contributed by atoms with Crippen LogP contribution in [0.5, 0.6) is 0 Å². The van der Waals surface area contributed by atoms with E-state index in [9.17, 15) is 4.79 Å². The monoisotopic (exact) mass is 331 g/mol. The Morgan fingerprint density at radius 2 is 2.10 bits per heavy atom. The molecule has 0 spiro atoms. The van der Waals surface area contributed by atoms with Gasteiger partial charge in [-0.3, -0.25) is 9.89 Å². The summed E-state index contributed by atoms with van der Waals surface area (Å²) in [4.78, 5) is 12.0. The molecule has 1 amide bonds. The topological polar surface area (TPSA) is 75.6 Å². The van der Waals surface area contributed by atoms with Gasteiger partial charge >= 0.3 is 0 Å². The van der Waals surface area contributed by atoms with Gasteiger partial charge in [-0.1, -0.05) is 0 Å². The summed E-state index contributed by atoms with van der Waals surface area (Å²) in [7, 11) is 0. The molecular formula is C13H10BrN5O. The minimum Gasteiger partial charge on any atom is -0.321 e. The van der Waals surface area contributed by atoms with Gasteiger partial charge < -0.3 is 5.32 Å². The maximum Gasteiger partial charge on any atom is 0.274 e. The molecule has 7 heteroatoms. The molecule has 20 heavy (non-hydrogen) atoms. The van der Waals surface area contributed by atoms with E-state index in [0.29, 0.717) is 15.9 Å². The predicted molar refractivity (Wildman–Crippen MR) is 77.8 cm³/mol. The van der Waals surface area contributed by atoms with Crippen LogP contribution < -0.4 is 5.32 Å². The number of aromatic nitrogens is 4. The lowest BCUT2D eigenvalue weighted by Gasteiger charge is -2.06. The van der Waals surface area contributed by atoms with Gasteiger partial charge in [-0.05, 0) is 46.3 Å². The molecule has 2 aromatic heterocycles. The summed E-state index contributed by atoms with van der Waals surface area (Å²) >= 11 is 3.25. The number of nitrogens with one attached hydrogen (secondary N) is 2. The van der Waals surface area contributed by atoms with Crippen LogP contribution in [0.25, 0.3) is 5.69 Å². The molecule has 0 saturated heterocycles. The quantitative estimate of drug-likeness (QED) is 0.774. The smallest absolute Gasteiger partial charge is 0.274 e. The molecule has 1 aromatic carbocycles. The highest BCUT2D eigenvalue weighted by Gasteiger charge is 2.12. The van der Waals surface area contributed by atoms with Gasteiger partial charge in [0.25, 0.3) is 5.91 Å².